The lowest BCUT2D eigenvalue weighted by Crippen LogP contribution is -2.19. The molecule has 0 unspecified atom stereocenters. The number of hydrazone groups is 1. The molecule has 2 rings (SSSR count). The molecule has 1 aromatic heterocycles. The number of hydrogen-bond donors (Lipinski definition) is 2. The second-order valence-electron chi connectivity index (χ2n) is 6.19. The molecule has 0 aliphatic rings. The fourth-order valence-electron chi connectivity index (χ4n) is 2.63. The molecule has 0 saturated heterocycles. The second kappa shape index (κ2) is 7.78. The lowest BCUT2D eigenvalue weighted by atomic mass is 10.1. The minimum absolute atomic E-state index is 0.0112. The smallest absolute Gasteiger partial charge is 0.240 e. The number of nitrogens with zero attached hydrogens (tertiary/aromatic N) is 1. The van der Waals surface area contributed by atoms with Gasteiger partial charge in [0.25, 0.3) is 0 Å². The maximum Gasteiger partial charge on any atom is 0.240 e. The molecule has 0 spiro atoms. The largest absolute Gasteiger partial charge is 0.361 e. The monoisotopic (exact) mass is 299 g/mol. The highest BCUT2D eigenvalue weighted by Crippen LogP contribution is 2.19. The number of rotatable bonds is 7. The van der Waals surface area contributed by atoms with Gasteiger partial charge in [-0.1, -0.05) is 32.0 Å². The first kappa shape index (κ1) is 16.3. The summed E-state index contributed by atoms with van der Waals surface area (Å²) in [5.74, 6) is 0.547. The van der Waals surface area contributed by atoms with E-state index >= 15 is 0 Å². The molecule has 0 atom stereocenters. The summed E-state index contributed by atoms with van der Waals surface area (Å²) < 4.78 is 0. The van der Waals surface area contributed by atoms with Crippen molar-refractivity contribution >= 4 is 22.5 Å². The van der Waals surface area contributed by atoms with Gasteiger partial charge >= 0.3 is 0 Å². The summed E-state index contributed by atoms with van der Waals surface area (Å²) in [7, 11) is 0. The number of benzene rings is 1. The number of aromatic nitrogens is 1. The van der Waals surface area contributed by atoms with Crippen LogP contribution in [0.3, 0.4) is 0 Å². The van der Waals surface area contributed by atoms with E-state index in [0.29, 0.717) is 12.3 Å². The SMILES string of the molecule is C/C(CC(C)C)=N\NC(=O)CCCc1c[nH]c2ccccc12. The van der Waals surface area contributed by atoms with Crippen molar-refractivity contribution in [2.24, 2.45) is 11.0 Å². The summed E-state index contributed by atoms with van der Waals surface area (Å²) in [6.07, 6.45) is 5.17. The van der Waals surface area contributed by atoms with Gasteiger partial charge in [-0.05, 0) is 43.7 Å². The van der Waals surface area contributed by atoms with Crippen molar-refractivity contribution in [2.75, 3.05) is 0 Å². The molecule has 0 aliphatic carbocycles. The quantitative estimate of drug-likeness (QED) is 0.588. The van der Waals surface area contributed by atoms with E-state index in [2.05, 4.69) is 41.5 Å². The Morgan fingerprint density at radius 2 is 2.09 bits per heavy atom. The number of H-pyrrole nitrogens is 1. The van der Waals surface area contributed by atoms with Crippen LogP contribution in [0.2, 0.25) is 0 Å². The first-order chi connectivity index (χ1) is 10.6. The van der Waals surface area contributed by atoms with E-state index in [-0.39, 0.29) is 5.91 Å². The van der Waals surface area contributed by atoms with Crippen molar-refractivity contribution in [3.05, 3.63) is 36.0 Å². The zero-order chi connectivity index (χ0) is 15.9. The third kappa shape index (κ3) is 4.72. The van der Waals surface area contributed by atoms with Gasteiger partial charge < -0.3 is 4.98 Å². The fourth-order valence-corrected chi connectivity index (χ4v) is 2.63. The van der Waals surface area contributed by atoms with Gasteiger partial charge in [0.1, 0.15) is 0 Å². The Labute approximate surface area is 132 Å². The predicted octanol–water partition coefficient (Wildman–Crippen LogP) is 4.03. The van der Waals surface area contributed by atoms with Gasteiger partial charge in [0.2, 0.25) is 5.91 Å². The van der Waals surface area contributed by atoms with Crippen LogP contribution in [0.5, 0.6) is 0 Å². The highest BCUT2D eigenvalue weighted by molar-refractivity contribution is 5.85. The highest BCUT2D eigenvalue weighted by atomic mass is 16.2. The van der Waals surface area contributed by atoms with Crippen LogP contribution in [0.4, 0.5) is 0 Å². The fraction of sp³-hybridized carbons (Fsp3) is 0.444. The molecule has 0 bridgehead atoms. The van der Waals surface area contributed by atoms with Gasteiger partial charge in [0, 0.05) is 29.2 Å². The molecule has 0 aliphatic heterocycles. The van der Waals surface area contributed by atoms with Gasteiger partial charge in [-0.15, -0.1) is 0 Å². The van der Waals surface area contributed by atoms with Crippen molar-refractivity contribution in [3.8, 4) is 0 Å². The van der Waals surface area contributed by atoms with Crippen LogP contribution in [0.15, 0.2) is 35.6 Å². The van der Waals surface area contributed by atoms with Gasteiger partial charge in [-0.25, -0.2) is 5.43 Å². The van der Waals surface area contributed by atoms with E-state index in [1.165, 1.54) is 10.9 Å². The maximum absolute atomic E-state index is 11.8. The molecule has 4 nitrogen and oxygen atoms in total. The van der Waals surface area contributed by atoms with E-state index in [0.717, 1.165) is 30.5 Å². The third-order valence-electron chi connectivity index (χ3n) is 3.60. The molecule has 0 saturated carbocycles. The normalized spacial score (nSPS) is 12.1. The molecule has 0 radical (unpaired) electrons. The number of fused-ring (bicyclic) bond motifs is 1. The lowest BCUT2D eigenvalue weighted by Gasteiger charge is -2.05. The molecule has 1 aromatic carbocycles. The molecule has 22 heavy (non-hydrogen) atoms. The van der Waals surface area contributed by atoms with Gasteiger partial charge in [-0.2, -0.15) is 5.10 Å². The van der Waals surface area contributed by atoms with Crippen LogP contribution >= 0.6 is 0 Å². The minimum Gasteiger partial charge on any atom is -0.361 e. The molecule has 2 N–H and O–H groups in total. The number of aryl methyl sites for hydroxylation is 1. The van der Waals surface area contributed by atoms with E-state index in [4.69, 9.17) is 0 Å². The van der Waals surface area contributed by atoms with Gasteiger partial charge in [0.05, 0.1) is 0 Å². The summed E-state index contributed by atoms with van der Waals surface area (Å²) >= 11 is 0. The van der Waals surface area contributed by atoms with Crippen molar-refractivity contribution in [1.29, 1.82) is 0 Å². The average Bonchev–Trinajstić information content (AvgIpc) is 2.88. The summed E-state index contributed by atoms with van der Waals surface area (Å²) in [4.78, 5) is 15.1. The Hall–Kier alpha value is -2.10. The summed E-state index contributed by atoms with van der Waals surface area (Å²) in [5, 5.41) is 5.38. The number of aromatic amines is 1. The molecule has 4 heteroatoms. The van der Waals surface area contributed by atoms with Crippen molar-refractivity contribution in [2.45, 2.75) is 46.5 Å². The Morgan fingerprint density at radius 3 is 2.86 bits per heavy atom. The zero-order valence-electron chi connectivity index (χ0n) is 13.6. The highest BCUT2D eigenvalue weighted by Gasteiger charge is 2.05. The summed E-state index contributed by atoms with van der Waals surface area (Å²) in [6.45, 7) is 6.23. The Balaban J connectivity index is 1.77. The van der Waals surface area contributed by atoms with Crippen LogP contribution in [-0.2, 0) is 11.2 Å². The van der Waals surface area contributed by atoms with Crippen LogP contribution in [0.25, 0.3) is 10.9 Å². The Bertz CT molecular complexity index is 655. The summed E-state index contributed by atoms with van der Waals surface area (Å²) in [5.41, 5.74) is 6.03. The minimum atomic E-state index is -0.0112. The van der Waals surface area contributed by atoms with E-state index in [1.807, 2.05) is 25.3 Å². The molecule has 1 amide bonds. The second-order valence-corrected chi connectivity index (χ2v) is 6.19. The summed E-state index contributed by atoms with van der Waals surface area (Å²) in [6, 6.07) is 8.24. The molecular weight excluding hydrogens is 274 g/mol. The lowest BCUT2D eigenvalue weighted by molar-refractivity contribution is -0.121. The molecule has 1 heterocycles. The number of amides is 1. The van der Waals surface area contributed by atoms with Crippen molar-refractivity contribution in [3.63, 3.8) is 0 Å². The van der Waals surface area contributed by atoms with Crippen LogP contribution in [-0.4, -0.2) is 16.6 Å². The molecular formula is C18H25N3O. The van der Waals surface area contributed by atoms with E-state index < -0.39 is 0 Å². The number of para-hydroxylation sites is 1. The van der Waals surface area contributed by atoms with Crippen LogP contribution in [0, 0.1) is 5.92 Å². The first-order valence-electron chi connectivity index (χ1n) is 7.93. The Kier molecular flexibility index (Phi) is 5.75. The van der Waals surface area contributed by atoms with Gasteiger partial charge in [-0.3, -0.25) is 4.79 Å². The molecule has 0 fully saturated rings. The topological polar surface area (TPSA) is 57.2 Å². The standard InChI is InChI=1S/C18H25N3O/c1-13(2)11-14(3)20-21-18(22)10-6-7-15-12-19-17-9-5-4-8-16(15)17/h4-5,8-9,12-13,19H,6-7,10-11H2,1-3H3,(H,21,22)/b20-14+. The van der Waals surface area contributed by atoms with E-state index in [9.17, 15) is 4.79 Å². The predicted molar refractivity (Wildman–Crippen MR) is 91.9 cm³/mol. The van der Waals surface area contributed by atoms with Crippen LogP contribution in [0.1, 0.15) is 45.6 Å². The third-order valence-corrected chi connectivity index (χ3v) is 3.60. The number of carbonyl (C=O) groups is 1. The van der Waals surface area contributed by atoms with Crippen molar-refractivity contribution in [1.82, 2.24) is 10.4 Å². The average molecular weight is 299 g/mol. The molecule has 2 aromatic rings. The Morgan fingerprint density at radius 1 is 1.32 bits per heavy atom. The number of nitrogens with one attached hydrogen (secondary N) is 2. The zero-order valence-corrected chi connectivity index (χ0v) is 13.6. The maximum atomic E-state index is 11.8. The first-order valence-corrected chi connectivity index (χ1v) is 7.93. The number of carbonyl (C=O) groups excluding carboxylic acids is 1. The molecule has 118 valence electrons. The van der Waals surface area contributed by atoms with Crippen molar-refractivity contribution < 1.29 is 4.79 Å². The number of hydrogen-bond acceptors (Lipinski definition) is 2. The van der Waals surface area contributed by atoms with Gasteiger partial charge in [0.15, 0.2) is 0 Å². The van der Waals surface area contributed by atoms with Crippen LogP contribution < -0.4 is 5.43 Å². The van der Waals surface area contributed by atoms with E-state index in [1.54, 1.807) is 0 Å².